The van der Waals surface area contributed by atoms with Gasteiger partial charge in [0.15, 0.2) is 0 Å². The van der Waals surface area contributed by atoms with E-state index in [1.165, 1.54) is 22.3 Å². The summed E-state index contributed by atoms with van der Waals surface area (Å²) in [6, 6.07) is 27.9. The Bertz CT molecular complexity index is 1230. The molecule has 1 N–H and O–H groups in total. The molecule has 0 radical (unpaired) electrons. The number of hydrogen-bond acceptors (Lipinski definition) is 1. The van der Waals surface area contributed by atoms with Crippen molar-refractivity contribution >= 4 is 10.8 Å². The van der Waals surface area contributed by atoms with E-state index in [-0.39, 0.29) is 5.41 Å². The van der Waals surface area contributed by atoms with Gasteiger partial charge in [-0.25, -0.2) is 0 Å². The van der Waals surface area contributed by atoms with Crippen molar-refractivity contribution in [3.63, 3.8) is 0 Å². The largest absolute Gasteiger partial charge is 0.507 e. The molecule has 4 aromatic carbocycles. The Morgan fingerprint density at radius 3 is 2.20 bits per heavy atom. The standard InChI is InChI=1S/C29H28O/c1-3-17-29(18-4-2)25-12-8-7-11-23(25)24-15-13-21(19-26(24)29)28-22-10-6-5-9-20(22)14-16-27(28)30/h5-16,19,30H,3-4,17-18H2,1-2H3. The first-order valence-electron chi connectivity index (χ1n) is 11.1. The van der Waals surface area contributed by atoms with E-state index in [0.29, 0.717) is 5.75 Å². The van der Waals surface area contributed by atoms with E-state index in [0.717, 1.165) is 47.6 Å². The van der Waals surface area contributed by atoms with Gasteiger partial charge in [-0.3, -0.25) is 0 Å². The number of rotatable bonds is 5. The van der Waals surface area contributed by atoms with Gasteiger partial charge in [0.2, 0.25) is 0 Å². The topological polar surface area (TPSA) is 20.2 Å². The molecule has 4 aromatic rings. The molecule has 0 aromatic heterocycles. The lowest BCUT2D eigenvalue weighted by Crippen LogP contribution is -2.25. The zero-order valence-electron chi connectivity index (χ0n) is 17.8. The lowest BCUT2D eigenvalue weighted by molar-refractivity contribution is 0.436. The van der Waals surface area contributed by atoms with E-state index in [1.807, 2.05) is 18.2 Å². The number of aromatic hydroxyl groups is 1. The van der Waals surface area contributed by atoms with Gasteiger partial charge in [-0.2, -0.15) is 0 Å². The maximum Gasteiger partial charge on any atom is 0.124 e. The Kier molecular flexibility index (Phi) is 4.62. The van der Waals surface area contributed by atoms with Gasteiger partial charge in [0.1, 0.15) is 5.75 Å². The molecule has 0 saturated carbocycles. The van der Waals surface area contributed by atoms with Crippen molar-refractivity contribution in [3.05, 3.63) is 90.0 Å². The molecule has 0 aliphatic heterocycles. The molecule has 0 spiro atoms. The third-order valence-corrected chi connectivity index (χ3v) is 6.82. The van der Waals surface area contributed by atoms with Crippen LogP contribution in [0.4, 0.5) is 0 Å². The Morgan fingerprint density at radius 1 is 0.700 bits per heavy atom. The van der Waals surface area contributed by atoms with Crippen LogP contribution >= 0.6 is 0 Å². The third kappa shape index (κ3) is 2.69. The van der Waals surface area contributed by atoms with Crippen molar-refractivity contribution in [1.82, 2.24) is 0 Å². The Hall–Kier alpha value is -3.06. The Morgan fingerprint density at radius 2 is 1.40 bits per heavy atom. The fraction of sp³-hybridized carbons (Fsp3) is 0.241. The van der Waals surface area contributed by atoms with Crippen LogP contribution in [0, 0.1) is 0 Å². The summed E-state index contributed by atoms with van der Waals surface area (Å²) in [4.78, 5) is 0. The van der Waals surface area contributed by atoms with Gasteiger partial charge in [0, 0.05) is 11.0 Å². The highest BCUT2D eigenvalue weighted by atomic mass is 16.3. The molecule has 5 rings (SSSR count). The monoisotopic (exact) mass is 392 g/mol. The molecule has 0 saturated heterocycles. The van der Waals surface area contributed by atoms with Gasteiger partial charge in [-0.1, -0.05) is 93.4 Å². The van der Waals surface area contributed by atoms with Gasteiger partial charge >= 0.3 is 0 Å². The number of phenolic OH excluding ortho intramolecular Hbond substituents is 1. The second kappa shape index (κ2) is 7.32. The molecule has 0 fully saturated rings. The molecule has 0 bridgehead atoms. The quantitative estimate of drug-likeness (QED) is 0.364. The second-order valence-corrected chi connectivity index (χ2v) is 8.57. The van der Waals surface area contributed by atoms with E-state index in [2.05, 4.69) is 74.5 Å². The first kappa shape index (κ1) is 18.9. The summed E-state index contributed by atoms with van der Waals surface area (Å²) in [7, 11) is 0. The van der Waals surface area contributed by atoms with Crippen LogP contribution in [-0.2, 0) is 5.41 Å². The summed E-state index contributed by atoms with van der Waals surface area (Å²) in [6.07, 6.45) is 4.60. The normalized spacial score (nSPS) is 13.9. The molecule has 1 heteroatoms. The molecule has 1 aliphatic carbocycles. The molecule has 1 aliphatic rings. The SMILES string of the molecule is CCCC1(CCC)c2ccccc2-c2ccc(-c3c(O)ccc4ccccc34)cc21. The zero-order valence-corrected chi connectivity index (χ0v) is 17.8. The fourth-order valence-corrected chi connectivity index (χ4v) is 5.69. The molecule has 1 nitrogen and oxygen atoms in total. The first-order valence-corrected chi connectivity index (χ1v) is 11.1. The average molecular weight is 393 g/mol. The van der Waals surface area contributed by atoms with Crippen molar-refractivity contribution in [2.75, 3.05) is 0 Å². The van der Waals surface area contributed by atoms with Crippen LogP contribution in [0.25, 0.3) is 33.0 Å². The third-order valence-electron chi connectivity index (χ3n) is 6.82. The van der Waals surface area contributed by atoms with Crippen molar-refractivity contribution in [2.45, 2.75) is 44.9 Å². The van der Waals surface area contributed by atoms with Crippen LogP contribution in [0.5, 0.6) is 5.75 Å². The van der Waals surface area contributed by atoms with Gasteiger partial charge in [0.25, 0.3) is 0 Å². The van der Waals surface area contributed by atoms with Gasteiger partial charge in [0.05, 0.1) is 0 Å². The summed E-state index contributed by atoms with van der Waals surface area (Å²) >= 11 is 0. The van der Waals surface area contributed by atoms with Crippen molar-refractivity contribution in [3.8, 4) is 28.0 Å². The summed E-state index contributed by atoms with van der Waals surface area (Å²) < 4.78 is 0. The highest BCUT2D eigenvalue weighted by Crippen LogP contribution is 2.54. The fourth-order valence-electron chi connectivity index (χ4n) is 5.69. The maximum atomic E-state index is 10.8. The van der Waals surface area contributed by atoms with E-state index < -0.39 is 0 Å². The van der Waals surface area contributed by atoms with Crippen molar-refractivity contribution in [2.24, 2.45) is 0 Å². The summed E-state index contributed by atoms with van der Waals surface area (Å²) in [5, 5.41) is 13.1. The first-order chi connectivity index (χ1) is 14.7. The summed E-state index contributed by atoms with van der Waals surface area (Å²) in [5.41, 5.74) is 7.74. The van der Waals surface area contributed by atoms with E-state index in [4.69, 9.17) is 0 Å². The minimum absolute atomic E-state index is 0.0612. The molecule has 0 heterocycles. The van der Waals surface area contributed by atoms with E-state index in [9.17, 15) is 5.11 Å². The molecule has 30 heavy (non-hydrogen) atoms. The van der Waals surface area contributed by atoms with Crippen LogP contribution in [0.3, 0.4) is 0 Å². The number of phenols is 1. The van der Waals surface area contributed by atoms with E-state index in [1.54, 1.807) is 0 Å². The van der Waals surface area contributed by atoms with Crippen molar-refractivity contribution < 1.29 is 5.11 Å². The summed E-state index contributed by atoms with van der Waals surface area (Å²) in [5.74, 6) is 0.348. The van der Waals surface area contributed by atoms with Gasteiger partial charge < -0.3 is 5.11 Å². The molecule has 0 unspecified atom stereocenters. The van der Waals surface area contributed by atoms with Crippen LogP contribution in [0.1, 0.15) is 50.7 Å². The van der Waals surface area contributed by atoms with Crippen LogP contribution in [-0.4, -0.2) is 5.11 Å². The van der Waals surface area contributed by atoms with Crippen LogP contribution < -0.4 is 0 Å². The molecule has 0 amide bonds. The summed E-state index contributed by atoms with van der Waals surface area (Å²) in [6.45, 7) is 4.58. The molecular formula is C29H28O. The minimum Gasteiger partial charge on any atom is -0.507 e. The van der Waals surface area contributed by atoms with Gasteiger partial charge in [-0.05, 0) is 63.6 Å². The average Bonchev–Trinajstić information content (AvgIpc) is 3.04. The molecular weight excluding hydrogens is 364 g/mol. The predicted octanol–water partition coefficient (Wildman–Crippen LogP) is 8.08. The smallest absolute Gasteiger partial charge is 0.124 e. The lowest BCUT2D eigenvalue weighted by atomic mass is 9.71. The Labute approximate surface area is 179 Å². The molecule has 150 valence electrons. The number of benzene rings is 4. The maximum absolute atomic E-state index is 10.8. The predicted molar refractivity (Wildman–Crippen MR) is 127 cm³/mol. The zero-order chi connectivity index (χ0) is 20.7. The van der Waals surface area contributed by atoms with Crippen LogP contribution in [0.2, 0.25) is 0 Å². The molecule has 0 atom stereocenters. The number of fused-ring (bicyclic) bond motifs is 4. The second-order valence-electron chi connectivity index (χ2n) is 8.57. The van der Waals surface area contributed by atoms with E-state index >= 15 is 0 Å². The van der Waals surface area contributed by atoms with Gasteiger partial charge in [-0.15, -0.1) is 0 Å². The van der Waals surface area contributed by atoms with Crippen LogP contribution in [0.15, 0.2) is 78.9 Å². The van der Waals surface area contributed by atoms with Crippen molar-refractivity contribution in [1.29, 1.82) is 0 Å². The number of hydrogen-bond donors (Lipinski definition) is 1. The minimum atomic E-state index is 0.0612. The highest BCUT2D eigenvalue weighted by molar-refractivity contribution is 6.00. The highest BCUT2D eigenvalue weighted by Gasteiger charge is 2.41. The Balaban J connectivity index is 1.79. The lowest BCUT2D eigenvalue weighted by Gasteiger charge is -2.32.